The summed E-state index contributed by atoms with van der Waals surface area (Å²) in [4.78, 5) is 23.0. The molecular formula is C40H42N6. The molecule has 8 rings (SSSR count). The Morgan fingerprint density at radius 2 is 1.11 bits per heavy atom. The molecule has 0 aliphatic heterocycles. The van der Waals surface area contributed by atoms with Gasteiger partial charge in [0.05, 0.1) is 22.1 Å². The third-order valence-electron chi connectivity index (χ3n) is 11.2. The summed E-state index contributed by atoms with van der Waals surface area (Å²) in [6, 6.07) is 17.6. The van der Waals surface area contributed by atoms with Gasteiger partial charge in [0.2, 0.25) is 0 Å². The third-order valence-corrected chi connectivity index (χ3v) is 11.2. The topological polar surface area (TPSA) is 63.8 Å². The second kappa shape index (κ2) is 10.3. The number of aromatic nitrogens is 4. The molecule has 4 aliphatic carbocycles. The molecule has 2 N–H and O–H groups in total. The molecule has 0 fully saturated rings. The lowest BCUT2D eigenvalue weighted by molar-refractivity contribution is 0.356. The van der Waals surface area contributed by atoms with Crippen LogP contribution in [0.1, 0.15) is 52.9 Å². The van der Waals surface area contributed by atoms with E-state index in [1.165, 1.54) is 33.7 Å². The standard InChI is InChI=1S/C40H42N6/c1-7-45(8-2)27-21-17-25(18-22-27)37-41-33-29-13-11-15-31-35-36(32-16-12-14-30(34(33)42-37)40(32,6)39(29,31)5)44-38(43-35)26-19-23-28(24-20-26)46(9-3)10-4/h11-24H,7-10H2,1-6H3,(H,41,42)(H,43,44). The van der Waals surface area contributed by atoms with Crippen LogP contribution >= 0.6 is 0 Å². The molecular weight excluding hydrogens is 564 g/mol. The first kappa shape index (κ1) is 28.6. The van der Waals surface area contributed by atoms with Gasteiger partial charge < -0.3 is 19.8 Å². The summed E-state index contributed by atoms with van der Waals surface area (Å²) in [7, 11) is 0. The van der Waals surface area contributed by atoms with Crippen molar-refractivity contribution >= 4 is 33.7 Å². The van der Waals surface area contributed by atoms with Crippen molar-refractivity contribution in [2.24, 2.45) is 10.8 Å². The number of nitrogens with one attached hydrogen (secondary N) is 2. The van der Waals surface area contributed by atoms with E-state index in [9.17, 15) is 0 Å². The molecule has 0 saturated carbocycles. The zero-order valence-electron chi connectivity index (χ0n) is 27.7. The molecule has 2 unspecified atom stereocenters. The lowest BCUT2D eigenvalue weighted by atomic mass is 9.46. The van der Waals surface area contributed by atoms with Crippen LogP contribution in [0.4, 0.5) is 11.4 Å². The summed E-state index contributed by atoms with van der Waals surface area (Å²) in [6.45, 7) is 17.6. The molecule has 0 bridgehead atoms. The van der Waals surface area contributed by atoms with Crippen molar-refractivity contribution < 1.29 is 0 Å². The second-order valence-corrected chi connectivity index (χ2v) is 13.0. The van der Waals surface area contributed by atoms with Gasteiger partial charge in [-0.05, 0) is 98.5 Å². The molecule has 2 aromatic carbocycles. The van der Waals surface area contributed by atoms with Gasteiger partial charge in [-0.2, -0.15) is 0 Å². The van der Waals surface area contributed by atoms with Gasteiger partial charge in [0.1, 0.15) is 11.6 Å². The van der Waals surface area contributed by atoms with Gasteiger partial charge in [-0.15, -0.1) is 0 Å². The lowest BCUT2D eigenvalue weighted by Crippen LogP contribution is -2.54. The van der Waals surface area contributed by atoms with Crippen LogP contribution in [0.25, 0.3) is 45.1 Å². The lowest BCUT2D eigenvalue weighted by Gasteiger charge is -2.56. The minimum Gasteiger partial charge on any atom is -0.372 e. The number of aromatic amines is 2. The predicted molar refractivity (Wildman–Crippen MR) is 192 cm³/mol. The summed E-state index contributed by atoms with van der Waals surface area (Å²) >= 11 is 0. The van der Waals surface area contributed by atoms with E-state index in [1.54, 1.807) is 0 Å². The molecule has 4 aliphatic rings. The van der Waals surface area contributed by atoms with Crippen molar-refractivity contribution in [3.8, 4) is 22.8 Å². The van der Waals surface area contributed by atoms with E-state index in [4.69, 9.17) is 9.97 Å². The normalized spacial score (nSPS) is 21.8. The van der Waals surface area contributed by atoms with E-state index in [0.29, 0.717) is 0 Å². The van der Waals surface area contributed by atoms with Crippen LogP contribution in [0.15, 0.2) is 85.0 Å². The first-order chi connectivity index (χ1) is 22.4. The highest BCUT2D eigenvalue weighted by molar-refractivity contribution is 6.05. The molecule has 0 amide bonds. The average molecular weight is 607 g/mol. The number of allylic oxidation sites excluding steroid dienone is 8. The van der Waals surface area contributed by atoms with E-state index >= 15 is 0 Å². The number of nitrogens with zero attached hydrogens (tertiary/aromatic N) is 4. The van der Waals surface area contributed by atoms with Gasteiger partial charge >= 0.3 is 0 Å². The monoisotopic (exact) mass is 606 g/mol. The zero-order valence-corrected chi connectivity index (χ0v) is 27.7. The highest BCUT2D eigenvalue weighted by Crippen LogP contribution is 2.69. The van der Waals surface area contributed by atoms with Crippen molar-refractivity contribution in [1.29, 1.82) is 0 Å². The quantitative estimate of drug-likeness (QED) is 0.225. The fourth-order valence-electron chi connectivity index (χ4n) is 8.45. The Balaban J connectivity index is 1.28. The van der Waals surface area contributed by atoms with Crippen LogP contribution < -0.4 is 20.5 Å². The van der Waals surface area contributed by atoms with Crippen LogP contribution in [0, 0.1) is 10.8 Å². The largest absolute Gasteiger partial charge is 0.372 e. The summed E-state index contributed by atoms with van der Waals surface area (Å²) in [5.74, 6) is 1.81. The molecule has 2 atom stereocenters. The Morgan fingerprint density at radius 3 is 1.67 bits per heavy atom. The molecule has 2 aromatic heterocycles. The fraction of sp³-hybridized carbons (Fsp3) is 0.300. The van der Waals surface area contributed by atoms with Gasteiger partial charge in [-0.25, -0.2) is 9.97 Å². The Morgan fingerprint density at radius 1 is 0.609 bits per heavy atom. The van der Waals surface area contributed by atoms with E-state index in [-0.39, 0.29) is 10.8 Å². The number of H-pyrrole nitrogens is 2. The molecule has 0 radical (unpaired) electrons. The third kappa shape index (κ3) is 3.70. The summed E-state index contributed by atoms with van der Waals surface area (Å²) < 4.78 is 0. The summed E-state index contributed by atoms with van der Waals surface area (Å²) in [6.07, 6.45) is 13.5. The number of fused-ring (bicyclic) bond motifs is 4. The zero-order chi connectivity index (χ0) is 31.8. The number of anilines is 2. The first-order valence-electron chi connectivity index (χ1n) is 16.8. The Kier molecular flexibility index (Phi) is 6.44. The Hall–Kier alpha value is -4.84. The van der Waals surface area contributed by atoms with Crippen LogP contribution in [-0.2, 0) is 0 Å². The van der Waals surface area contributed by atoms with Crippen molar-refractivity contribution in [2.75, 3.05) is 36.0 Å². The molecule has 0 spiro atoms. The van der Waals surface area contributed by atoms with Gasteiger partial charge in [-0.3, -0.25) is 0 Å². The van der Waals surface area contributed by atoms with Crippen LogP contribution in [0.3, 0.4) is 0 Å². The number of imidazole rings is 2. The molecule has 6 heteroatoms. The molecule has 0 saturated heterocycles. The molecule has 2 heterocycles. The van der Waals surface area contributed by atoms with Crippen LogP contribution in [-0.4, -0.2) is 46.1 Å². The van der Waals surface area contributed by atoms with Crippen molar-refractivity contribution in [1.82, 2.24) is 19.9 Å². The maximum atomic E-state index is 5.33. The minimum absolute atomic E-state index is 0.319. The number of benzene rings is 2. The molecule has 46 heavy (non-hydrogen) atoms. The van der Waals surface area contributed by atoms with Crippen molar-refractivity contribution in [2.45, 2.75) is 41.5 Å². The second-order valence-electron chi connectivity index (χ2n) is 13.0. The number of hydrogen-bond acceptors (Lipinski definition) is 4. The molecule has 6 nitrogen and oxygen atoms in total. The maximum absolute atomic E-state index is 5.33. The van der Waals surface area contributed by atoms with Crippen molar-refractivity contribution in [3.05, 3.63) is 107 Å². The minimum atomic E-state index is -0.341. The molecule has 232 valence electrons. The smallest absolute Gasteiger partial charge is 0.138 e. The highest BCUT2D eigenvalue weighted by Gasteiger charge is 2.60. The van der Waals surface area contributed by atoms with Crippen LogP contribution in [0.2, 0.25) is 0 Å². The number of hydrogen-bond donors (Lipinski definition) is 2. The van der Waals surface area contributed by atoms with E-state index < -0.39 is 0 Å². The van der Waals surface area contributed by atoms with Crippen molar-refractivity contribution in [3.63, 3.8) is 0 Å². The van der Waals surface area contributed by atoms with Crippen LogP contribution in [0.5, 0.6) is 0 Å². The van der Waals surface area contributed by atoms with Gasteiger partial charge in [-0.1, -0.05) is 50.3 Å². The predicted octanol–water partition coefficient (Wildman–Crippen LogP) is 7.11. The molecule has 4 aromatic rings. The summed E-state index contributed by atoms with van der Waals surface area (Å²) in [5.41, 5.74) is 11.2. The Bertz CT molecular complexity index is 2010. The van der Waals surface area contributed by atoms with Gasteiger partial charge in [0.15, 0.2) is 0 Å². The highest BCUT2D eigenvalue weighted by atomic mass is 15.1. The van der Waals surface area contributed by atoms with E-state index in [2.05, 4.69) is 146 Å². The fourth-order valence-corrected chi connectivity index (χ4v) is 8.45. The van der Waals surface area contributed by atoms with Gasteiger partial charge in [0, 0.05) is 59.5 Å². The number of rotatable bonds is 8. The van der Waals surface area contributed by atoms with E-state index in [0.717, 1.165) is 71.0 Å². The van der Waals surface area contributed by atoms with Gasteiger partial charge in [0.25, 0.3) is 0 Å². The van der Waals surface area contributed by atoms with E-state index in [1.807, 2.05) is 0 Å². The first-order valence-corrected chi connectivity index (χ1v) is 16.8. The average Bonchev–Trinajstić information content (AvgIpc) is 3.72. The summed E-state index contributed by atoms with van der Waals surface area (Å²) in [5, 5.41) is 2.15. The SMILES string of the molecule is CCN(CC)c1ccc(-c2nc3c([nH]2)C2=CC=CC4=c5[nH]c(-c6ccc(N(CC)CC)cc6)nc5=C5C=CC=C3C5(C)C24C)cc1. The maximum Gasteiger partial charge on any atom is 0.138 e. The Labute approximate surface area is 271 Å².